The highest BCUT2D eigenvalue weighted by atomic mass is 19.3. The average molecular weight is 412 g/mol. The van der Waals surface area contributed by atoms with Gasteiger partial charge >= 0.3 is 6.61 Å². The molecular formula is C22H18F2N2O4. The van der Waals surface area contributed by atoms with Crippen LogP contribution in [0.15, 0.2) is 72.8 Å². The summed E-state index contributed by atoms with van der Waals surface area (Å²) in [5.41, 5.74) is 6.75. The molecule has 3 aromatic carbocycles. The summed E-state index contributed by atoms with van der Waals surface area (Å²) in [7, 11) is 0. The molecule has 0 aliphatic heterocycles. The van der Waals surface area contributed by atoms with E-state index in [1.807, 2.05) is 0 Å². The molecule has 0 unspecified atom stereocenters. The van der Waals surface area contributed by atoms with Gasteiger partial charge in [0.1, 0.15) is 17.2 Å². The van der Waals surface area contributed by atoms with Crippen LogP contribution in [0.4, 0.5) is 8.78 Å². The number of hydrogen-bond donors (Lipinski definition) is 2. The predicted molar refractivity (Wildman–Crippen MR) is 106 cm³/mol. The molecule has 3 aromatic rings. The molecule has 30 heavy (non-hydrogen) atoms. The van der Waals surface area contributed by atoms with Crippen LogP contribution in [0.2, 0.25) is 0 Å². The normalized spacial score (nSPS) is 10.5. The Labute approximate surface area is 171 Å². The first-order valence-electron chi connectivity index (χ1n) is 8.90. The molecule has 0 bridgehead atoms. The Morgan fingerprint density at radius 1 is 0.800 bits per heavy atom. The van der Waals surface area contributed by atoms with Gasteiger partial charge in [0, 0.05) is 17.7 Å². The molecule has 0 spiro atoms. The van der Waals surface area contributed by atoms with E-state index in [4.69, 9.17) is 10.5 Å². The number of nitrogens with two attached hydrogens (primary N) is 1. The van der Waals surface area contributed by atoms with E-state index in [0.29, 0.717) is 22.6 Å². The third kappa shape index (κ3) is 5.78. The minimum absolute atomic E-state index is 0.0555. The number of ether oxygens (including phenoxy) is 2. The zero-order valence-corrected chi connectivity index (χ0v) is 15.7. The number of nitrogens with one attached hydrogen (secondary N) is 1. The van der Waals surface area contributed by atoms with Crippen molar-refractivity contribution < 1.29 is 27.8 Å². The minimum atomic E-state index is -2.88. The van der Waals surface area contributed by atoms with Crippen LogP contribution < -0.4 is 20.5 Å². The molecule has 154 valence electrons. The molecule has 0 saturated heterocycles. The molecule has 0 aliphatic carbocycles. The fourth-order valence-electron chi connectivity index (χ4n) is 2.57. The molecule has 2 amide bonds. The third-order valence-corrected chi connectivity index (χ3v) is 4.09. The molecule has 8 heteroatoms. The fraction of sp³-hybridized carbons (Fsp3) is 0.0909. The Bertz CT molecular complexity index is 1000. The van der Waals surface area contributed by atoms with Crippen molar-refractivity contribution in [2.75, 3.05) is 0 Å². The van der Waals surface area contributed by atoms with Crippen LogP contribution in [0.3, 0.4) is 0 Å². The predicted octanol–water partition coefficient (Wildman–Crippen LogP) is 4.11. The summed E-state index contributed by atoms with van der Waals surface area (Å²) in [6, 6.07) is 18.9. The van der Waals surface area contributed by atoms with Crippen LogP contribution >= 0.6 is 0 Å². The largest absolute Gasteiger partial charge is 0.457 e. The monoisotopic (exact) mass is 412 g/mol. The van der Waals surface area contributed by atoms with Crippen molar-refractivity contribution in [3.05, 3.63) is 89.5 Å². The maximum absolute atomic E-state index is 12.3. The highest BCUT2D eigenvalue weighted by molar-refractivity contribution is 5.94. The molecule has 0 atom stereocenters. The van der Waals surface area contributed by atoms with Crippen molar-refractivity contribution in [2.24, 2.45) is 5.73 Å². The van der Waals surface area contributed by atoms with Crippen molar-refractivity contribution in [3.63, 3.8) is 0 Å². The number of rotatable bonds is 8. The zero-order valence-electron chi connectivity index (χ0n) is 15.7. The third-order valence-electron chi connectivity index (χ3n) is 4.09. The van der Waals surface area contributed by atoms with Crippen LogP contribution in [0.25, 0.3) is 0 Å². The molecule has 3 rings (SSSR count). The van der Waals surface area contributed by atoms with Crippen molar-refractivity contribution >= 4 is 11.8 Å². The quantitative estimate of drug-likeness (QED) is 0.583. The van der Waals surface area contributed by atoms with E-state index in [2.05, 4.69) is 10.1 Å². The number of halogens is 2. The Kier molecular flexibility index (Phi) is 6.59. The van der Waals surface area contributed by atoms with Gasteiger partial charge in [-0.25, -0.2) is 0 Å². The lowest BCUT2D eigenvalue weighted by Gasteiger charge is -2.09. The number of primary amides is 1. The first kappa shape index (κ1) is 20.8. The molecule has 0 aromatic heterocycles. The summed E-state index contributed by atoms with van der Waals surface area (Å²) >= 11 is 0. The molecular weight excluding hydrogens is 394 g/mol. The van der Waals surface area contributed by atoms with E-state index >= 15 is 0 Å². The van der Waals surface area contributed by atoms with Crippen LogP contribution in [-0.2, 0) is 6.54 Å². The van der Waals surface area contributed by atoms with Gasteiger partial charge in [0.25, 0.3) is 5.91 Å². The number of amides is 2. The Hall–Kier alpha value is -3.94. The molecule has 0 radical (unpaired) electrons. The molecule has 0 aliphatic rings. The van der Waals surface area contributed by atoms with Gasteiger partial charge in [0.05, 0.1) is 0 Å². The number of alkyl halides is 2. The highest BCUT2D eigenvalue weighted by Gasteiger charge is 2.08. The first-order chi connectivity index (χ1) is 14.4. The van der Waals surface area contributed by atoms with Gasteiger partial charge in [-0.1, -0.05) is 12.1 Å². The fourth-order valence-corrected chi connectivity index (χ4v) is 2.57. The zero-order chi connectivity index (χ0) is 21.5. The number of carbonyl (C=O) groups is 2. The van der Waals surface area contributed by atoms with E-state index in [1.54, 1.807) is 60.7 Å². The maximum Gasteiger partial charge on any atom is 0.387 e. The number of benzene rings is 3. The van der Waals surface area contributed by atoms with Gasteiger partial charge in [-0.15, -0.1) is 0 Å². The second-order valence-electron chi connectivity index (χ2n) is 6.22. The van der Waals surface area contributed by atoms with Crippen LogP contribution in [0, 0.1) is 0 Å². The lowest BCUT2D eigenvalue weighted by atomic mass is 10.2. The van der Waals surface area contributed by atoms with Gasteiger partial charge in [-0.05, 0) is 66.2 Å². The summed E-state index contributed by atoms with van der Waals surface area (Å²) in [5, 5.41) is 2.75. The Morgan fingerprint density at radius 3 is 1.80 bits per heavy atom. The van der Waals surface area contributed by atoms with E-state index in [0.717, 1.165) is 5.56 Å². The van der Waals surface area contributed by atoms with Crippen LogP contribution in [-0.4, -0.2) is 18.4 Å². The van der Waals surface area contributed by atoms with E-state index in [-0.39, 0.29) is 18.2 Å². The summed E-state index contributed by atoms with van der Waals surface area (Å²) < 4.78 is 34.3. The highest BCUT2D eigenvalue weighted by Crippen LogP contribution is 2.22. The van der Waals surface area contributed by atoms with Crippen LogP contribution in [0.1, 0.15) is 26.3 Å². The van der Waals surface area contributed by atoms with Crippen molar-refractivity contribution in [1.82, 2.24) is 5.32 Å². The summed E-state index contributed by atoms with van der Waals surface area (Å²) in [6.07, 6.45) is 0. The molecule has 6 nitrogen and oxygen atoms in total. The number of hydrogen-bond acceptors (Lipinski definition) is 4. The molecule has 0 fully saturated rings. The molecule has 0 heterocycles. The van der Waals surface area contributed by atoms with E-state index < -0.39 is 12.5 Å². The van der Waals surface area contributed by atoms with Gasteiger partial charge < -0.3 is 20.5 Å². The first-order valence-corrected chi connectivity index (χ1v) is 8.90. The Balaban J connectivity index is 1.53. The van der Waals surface area contributed by atoms with E-state index in [9.17, 15) is 18.4 Å². The van der Waals surface area contributed by atoms with E-state index in [1.165, 1.54) is 12.1 Å². The second kappa shape index (κ2) is 9.51. The summed E-state index contributed by atoms with van der Waals surface area (Å²) in [6.45, 7) is -2.64. The van der Waals surface area contributed by atoms with Crippen molar-refractivity contribution in [1.29, 1.82) is 0 Å². The smallest absolute Gasteiger partial charge is 0.387 e. The second-order valence-corrected chi connectivity index (χ2v) is 6.22. The SMILES string of the molecule is NC(=O)c1ccc(Oc2ccc(C(=O)NCc3ccc(OC(F)F)cc3)cc2)cc1. The van der Waals surface area contributed by atoms with Gasteiger partial charge in [0.2, 0.25) is 5.91 Å². The van der Waals surface area contributed by atoms with Gasteiger partial charge in [-0.2, -0.15) is 8.78 Å². The molecule has 3 N–H and O–H groups in total. The van der Waals surface area contributed by atoms with Gasteiger partial charge in [0.15, 0.2) is 0 Å². The van der Waals surface area contributed by atoms with Gasteiger partial charge in [-0.3, -0.25) is 9.59 Å². The Morgan fingerprint density at radius 2 is 1.30 bits per heavy atom. The number of carbonyl (C=O) groups excluding carboxylic acids is 2. The minimum Gasteiger partial charge on any atom is -0.457 e. The lowest BCUT2D eigenvalue weighted by Crippen LogP contribution is -2.22. The summed E-state index contributed by atoms with van der Waals surface area (Å²) in [5.74, 6) is 0.291. The average Bonchev–Trinajstić information content (AvgIpc) is 2.73. The van der Waals surface area contributed by atoms with Crippen molar-refractivity contribution in [3.8, 4) is 17.2 Å². The summed E-state index contributed by atoms with van der Waals surface area (Å²) in [4.78, 5) is 23.4. The maximum atomic E-state index is 12.3. The van der Waals surface area contributed by atoms with Crippen molar-refractivity contribution in [2.45, 2.75) is 13.2 Å². The molecule has 0 saturated carbocycles. The standard InChI is InChI=1S/C22H18F2N2O4/c23-22(24)30-19-7-1-14(2-8-19)13-26-21(28)16-5-11-18(12-6-16)29-17-9-3-15(4-10-17)20(25)27/h1-12,22H,13H2,(H2,25,27)(H,26,28). The lowest BCUT2D eigenvalue weighted by molar-refractivity contribution is -0.0498. The van der Waals surface area contributed by atoms with Crippen LogP contribution in [0.5, 0.6) is 17.2 Å². The topological polar surface area (TPSA) is 90.7 Å².